The third-order valence-corrected chi connectivity index (χ3v) is 11.9. The van der Waals surface area contributed by atoms with E-state index >= 15 is 0 Å². The van der Waals surface area contributed by atoms with E-state index in [1.807, 2.05) is 0 Å². The molecule has 0 aromatic heterocycles. The molecule has 0 unspecified atom stereocenters. The minimum atomic E-state index is 0.402. The van der Waals surface area contributed by atoms with E-state index in [-0.39, 0.29) is 0 Å². The van der Waals surface area contributed by atoms with Crippen molar-refractivity contribution < 1.29 is 18.6 Å². The molecule has 3 heterocycles. The number of amides is 2. The normalized spacial score (nSPS) is 20.3. The van der Waals surface area contributed by atoms with Crippen molar-refractivity contribution in [3.63, 3.8) is 0 Å². The van der Waals surface area contributed by atoms with Gasteiger partial charge in [0, 0.05) is 26.2 Å². The minimum Gasteiger partial charge on any atom is -0.338 e. The molecule has 0 N–H and O–H groups in total. The van der Waals surface area contributed by atoms with Crippen LogP contribution < -0.4 is 0 Å². The van der Waals surface area contributed by atoms with Crippen LogP contribution in [0.15, 0.2) is 0 Å². The number of piperazine rings is 3. The number of unbranched alkanes of at least 4 members (excludes halogenated alkanes) is 20. The van der Waals surface area contributed by atoms with E-state index in [9.17, 15) is 9.59 Å². The summed E-state index contributed by atoms with van der Waals surface area (Å²) < 4.78 is 1.94. The van der Waals surface area contributed by atoms with Crippen molar-refractivity contribution >= 4 is 11.8 Å². The van der Waals surface area contributed by atoms with Gasteiger partial charge in [0.15, 0.2) is 13.1 Å². The smallest absolute Gasteiger partial charge is 0.277 e. The molecule has 0 spiro atoms. The second-order valence-corrected chi connectivity index (χ2v) is 16.2. The third-order valence-electron chi connectivity index (χ3n) is 11.9. The zero-order valence-electron chi connectivity index (χ0n) is 33.1. The fraction of sp³-hybridized carbons (Fsp3) is 0.952. The SMILES string of the molecule is CCCCCCCCN(CCCCCCCC)C(=O)C[N+]12CC[N+](CC(=O)N(CCCCCCCC)CCCCCCCC)(CC1)CC2. The molecule has 282 valence electrons. The molecule has 6 nitrogen and oxygen atoms in total. The van der Waals surface area contributed by atoms with Gasteiger partial charge in [-0.1, -0.05) is 156 Å². The lowest BCUT2D eigenvalue weighted by atomic mass is 10.1. The molecule has 0 atom stereocenters. The number of hydrogen-bond donors (Lipinski definition) is 0. The molecule has 0 aromatic rings. The van der Waals surface area contributed by atoms with E-state index in [2.05, 4.69) is 37.5 Å². The predicted octanol–water partition coefficient (Wildman–Crippen LogP) is 9.75. The highest BCUT2D eigenvalue weighted by atomic mass is 16.2. The van der Waals surface area contributed by atoms with Crippen LogP contribution in [0, 0.1) is 0 Å². The molecule has 0 aromatic carbocycles. The lowest BCUT2D eigenvalue weighted by Crippen LogP contribution is -2.77. The zero-order chi connectivity index (χ0) is 34.8. The van der Waals surface area contributed by atoms with Crippen molar-refractivity contribution in [2.24, 2.45) is 0 Å². The molecule has 3 rings (SSSR count). The Bertz CT molecular complexity index is 695. The summed E-state index contributed by atoms with van der Waals surface area (Å²) in [6.45, 7) is 20.6. The lowest BCUT2D eigenvalue weighted by Gasteiger charge is -2.55. The molecule has 3 saturated heterocycles. The molecule has 6 heteroatoms. The number of fused-ring (bicyclic) bond motifs is 3. The summed E-state index contributed by atoms with van der Waals surface area (Å²) in [5, 5.41) is 0. The first-order valence-corrected chi connectivity index (χ1v) is 21.7. The Morgan fingerprint density at radius 2 is 0.562 bits per heavy atom. The van der Waals surface area contributed by atoms with Crippen LogP contribution in [0.4, 0.5) is 0 Å². The largest absolute Gasteiger partial charge is 0.338 e. The lowest BCUT2D eigenvalue weighted by molar-refractivity contribution is -1.07. The minimum absolute atomic E-state index is 0.402. The van der Waals surface area contributed by atoms with Gasteiger partial charge in [-0.2, -0.15) is 0 Å². The van der Waals surface area contributed by atoms with Gasteiger partial charge in [0.2, 0.25) is 0 Å². The Morgan fingerprint density at radius 3 is 0.792 bits per heavy atom. The Labute approximate surface area is 299 Å². The molecule has 3 aliphatic rings. The molecule has 0 saturated carbocycles. The molecule has 0 aliphatic carbocycles. The van der Waals surface area contributed by atoms with Crippen LogP contribution in [0.1, 0.15) is 182 Å². The third kappa shape index (κ3) is 17.7. The first-order valence-electron chi connectivity index (χ1n) is 21.7. The Hall–Kier alpha value is -1.14. The number of carbonyl (C=O) groups is 2. The average molecular weight is 677 g/mol. The number of carbonyl (C=O) groups excluding carboxylic acids is 2. The summed E-state index contributed by atoms with van der Waals surface area (Å²) in [5.41, 5.74) is 0. The fourth-order valence-corrected chi connectivity index (χ4v) is 8.25. The summed E-state index contributed by atoms with van der Waals surface area (Å²) in [6.07, 6.45) is 30.7. The van der Waals surface area contributed by atoms with Gasteiger partial charge >= 0.3 is 0 Å². The maximum absolute atomic E-state index is 13.9. The summed E-state index contributed by atoms with van der Waals surface area (Å²) in [7, 11) is 0. The molecular weight excluding hydrogens is 592 g/mol. The van der Waals surface area contributed by atoms with Crippen molar-refractivity contribution in [1.29, 1.82) is 0 Å². The van der Waals surface area contributed by atoms with Crippen molar-refractivity contribution in [2.75, 3.05) is 78.5 Å². The van der Waals surface area contributed by atoms with Gasteiger partial charge in [-0.05, 0) is 25.7 Å². The van der Waals surface area contributed by atoms with Gasteiger partial charge in [0.1, 0.15) is 39.3 Å². The number of quaternary nitrogens is 2. The molecule has 2 amide bonds. The Morgan fingerprint density at radius 1 is 0.354 bits per heavy atom. The van der Waals surface area contributed by atoms with E-state index in [1.54, 1.807) is 0 Å². The predicted molar refractivity (Wildman–Crippen MR) is 206 cm³/mol. The summed E-state index contributed by atoms with van der Waals surface area (Å²) in [5.74, 6) is 0.804. The van der Waals surface area contributed by atoms with Crippen molar-refractivity contribution in [2.45, 2.75) is 182 Å². The summed E-state index contributed by atoms with van der Waals surface area (Å²) >= 11 is 0. The van der Waals surface area contributed by atoms with E-state index in [0.29, 0.717) is 24.9 Å². The topological polar surface area (TPSA) is 40.6 Å². The first kappa shape index (κ1) is 43.0. The van der Waals surface area contributed by atoms with Crippen molar-refractivity contribution in [3.05, 3.63) is 0 Å². The maximum atomic E-state index is 13.9. The van der Waals surface area contributed by atoms with Crippen LogP contribution in [0.3, 0.4) is 0 Å². The fourth-order valence-electron chi connectivity index (χ4n) is 8.25. The van der Waals surface area contributed by atoms with E-state index in [0.717, 1.165) is 100 Å². The average Bonchev–Trinajstić information content (AvgIpc) is 3.09. The quantitative estimate of drug-likeness (QED) is 0.0526. The van der Waals surface area contributed by atoms with E-state index in [1.165, 1.54) is 128 Å². The van der Waals surface area contributed by atoms with Crippen LogP contribution in [-0.4, -0.2) is 109 Å². The first-order chi connectivity index (χ1) is 23.4. The van der Waals surface area contributed by atoms with Crippen molar-refractivity contribution in [1.82, 2.24) is 9.80 Å². The maximum Gasteiger partial charge on any atom is 0.277 e. The highest BCUT2D eigenvalue weighted by Crippen LogP contribution is 2.27. The molecule has 3 fully saturated rings. The molecule has 48 heavy (non-hydrogen) atoms. The summed E-state index contributed by atoms with van der Waals surface area (Å²) in [6, 6.07) is 0. The molecule has 0 radical (unpaired) electrons. The zero-order valence-corrected chi connectivity index (χ0v) is 33.1. The Kier molecular flexibility index (Phi) is 23.9. The molecule has 3 aliphatic heterocycles. The molecular formula is C42H84N4O2+2. The van der Waals surface area contributed by atoms with Crippen LogP contribution in [0.5, 0.6) is 0 Å². The van der Waals surface area contributed by atoms with Crippen LogP contribution >= 0.6 is 0 Å². The highest BCUT2D eigenvalue weighted by Gasteiger charge is 2.51. The van der Waals surface area contributed by atoms with Gasteiger partial charge in [-0.25, -0.2) is 0 Å². The van der Waals surface area contributed by atoms with Gasteiger partial charge in [0.05, 0.1) is 0 Å². The number of hydrogen-bond acceptors (Lipinski definition) is 2. The standard InChI is InChI=1S/C42H84N4O2/c1-5-9-13-17-21-25-29-43(30-26-22-18-14-10-6-2)41(47)39-45-33-36-46(37-34-45,38-35-45)40-42(48)44(31-27-23-19-15-11-7-3)32-28-24-20-16-12-8-4/h5-40H2,1-4H3/q+2. The van der Waals surface area contributed by atoms with Gasteiger partial charge in [-0.3, -0.25) is 9.59 Å². The van der Waals surface area contributed by atoms with Gasteiger partial charge in [-0.15, -0.1) is 0 Å². The van der Waals surface area contributed by atoms with Gasteiger partial charge < -0.3 is 18.8 Å². The highest BCUT2D eigenvalue weighted by molar-refractivity contribution is 5.78. The van der Waals surface area contributed by atoms with E-state index in [4.69, 9.17) is 0 Å². The van der Waals surface area contributed by atoms with E-state index < -0.39 is 0 Å². The van der Waals surface area contributed by atoms with Crippen LogP contribution in [0.25, 0.3) is 0 Å². The van der Waals surface area contributed by atoms with Crippen LogP contribution in [0.2, 0.25) is 0 Å². The van der Waals surface area contributed by atoms with Crippen LogP contribution in [-0.2, 0) is 9.59 Å². The summed E-state index contributed by atoms with van der Waals surface area (Å²) in [4.78, 5) is 32.3. The molecule has 2 bridgehead atoms. The second-order valence-electron chi connectivity index (χ2n) is 16.2. The monoisotopic (exact) mass is 677 g/mol. The number of nitrogens with zero attached hydrogens (tertiary/aromatic N) is 4. The van der Waals surface area contributed by atoms with Gasteiger partial charge in [0.25, 0.3) is 11.8 Å². The second kappa shape index (κ2) is 26.6. The number of rotatable bonds is 32. The van der Waals surface area contributed by atoms with Crippen molar-refractivity contribution in [3.8, 4) is 0 Å². The Balaban J connectivity index is 1.89.